The van der Waals surface area contributed by atoms with E-state index in [0.29, 0.717) is 0 Å². The smallest absolute Gasteiger partial charge is 0.225 e. The molecule has 1 radical (unpaired) electrons. The number of nitriles is 2. The van der Waals surface area contributed by atoms with Gasteiger partial charge in [0.05, 0.1) is 26.7 Å². The SMILES string of the molecule is CCN(C)CCC[N+]1(C)CCC[N+]2(CCCN2C)C1.N#C[S-].N#C[S-].[Mn]. The van der Waals surface area contributed by atoms with Gasteiger partial charge in [0.1, 0.15) is 13.1 Å². The first-order chi connectivity index (χ1) is 11.8. The molecule has 1 spiro atoms. The third kappa shape index (κ3) is 9.64. The van der Waals surface area contributed by atoms with E-state index >= 15 is 0 Å². The predicted octanol–water partition coefficient (Wildman–Crippen LogP) is 1.23. The molecule has 9 heteroatoms. The quantitative estimate of drug-likeness (QED) is 0.277. The zero-order chi connectivity index (χ0) is 19.3. The summed E-state index contributed by atoms with van der Waals surface area (Å²) in [5, 5.41) is 19.5. The van der Waals surface area contributed by atoms with Gasteiger partial charge >= 0.3 is 0 Å². The van der Waals surface area contributed by atoms with Crippen LogP contribution in [0.3, 0.4) is 0 Å². The third-order valence-electron chi connectivity index (χ3n) is 5.43. The van der Waals surface area contributed by atoms with E-state index in [4.69, 9.17) is 10.5 Å². The fraction of sp³-hybridized carbons (Fsp3) is 0.882. The summed E-state index contributed by atoms with van der Waals surface area (Å²) in [7, 11) is 7.04. The van der Waals surface area contributed by atoms with E-state index in [0.717, 1.165) is 0 Å². The number of thiocyanates is 2. The maximum atomic E-state index is 7.13. The molecule has 0 bridgehead atoms. The predicted molar refractivity (Wildman–Crippen MR) is 106 cm³/mol. The van der Waals surface area contributed by atoms with Crippen molar-refractivity contribution < 1.29 is 26.1 Å². The molecule has 0 N–H and O–H groups in total. The molecule has 2 rings (SSSR count). The van der Waals surface area contributed by atoms with Crippen molar-refractivity contribution in [1.82, 2.24) is 9.91 Å². The summed E-state index contributed by atoms with van der Waals surface area (Å²) < 4.78 is 2.54. The van der Waals surface area contributed by atoms with Gasteiger partial charge < -0.3 is 30.2 Å². The van der Waals surface area contributed by atoms with E-state index in [-0.39, 0.29) is 17.1 Å². The van der Waals surface area contributed by atoms with Crippen LogP contribution in [0.2, 0.25) is 0 Å². The standard InChI is InChI=1S/C15H34N4.2CHNS.Mn/c1-5-16(2)9-6-11-18(4)12-8-14-19(15-18)13-7-10-17(19)3;2*2-1-3;/h5-15H2,1-4H3;2*3H;/q+2;;;/p-2. The molecule has 2 aliphatic heterocycles. The van der Waals surface area contributed by atoms with Crippen molar-refractivity contribution in [2.24, 2.45) is 0 Å². The van der Waals surface area contributed by atoms with Crippen LogP contribution in [-0.2, 0) is 42.3 Å². The van der Waals surface area contributed by atoms with Crippen LogP contribution in [0.25, 0.3) is 0 Å². The van der Waals surface area contributed by atoms with Crippen molar-refractivity contribution >= 4 is 25.3 Å². The summed E-state index contributed by atoms with van der Waals surface area (Å²) in [6, 6.07) is 0. The maximum absolute atomic E-state index is 7.13. The average molecular weight is 442 g/mol. The molecule has 2 atom stereocenters. The van der Waals surface area contributed by atoms with Gasteiger partial charge in [-0.3, -0.25) is 4.48 Å². The molecule has 0 amide bonds. The molecule has 0 saturated carbocycles. The van der Waals surface area contributed by atoms with Crippen molar-refractivity contribution in [3.05, 3.63) is 0 Å². The first kappa shape index (κ1) is 28.0. The van der Waals surface area contributed by atoms with Gasteiger partial charge in [-0.25, -0.2) is 10.5 Å². The molecular weight excluding hydrogens is 407 g/mol. The molecule has 0 aromatic carbocycles. The van der Waals surface area contributed by atoms with Crippen LogP contribution in [0.15, 0.2) is 0 Å². The topological polar surface area (TPSA) is 54.1 Å². The largest absolute Gasteiger partial charge is 0.696 e. The molecule has 2 aliphatic rings. The van der Waals surface area contributed by atoms with Gasteiger partial charge in [-0.1, -0.05) is 17.7 Å². The summed E-state index contributed by atoms with van der Waals surface area (Å²) in [6.07, 6.45) is 4.12. The van der Waals surface area contributed by atoms with Crippen molar-refractivity contribution in [2.45, 2.75) is 26.2 Å². The minimum Gasteiger partial charge on any atom is -0.696 e. The zero-order valence-electron chi connectivity index (χ0n) is 16.7. The summed E-state index contributed by atoms with van der Waals surface area (Å²) in [6.45, 7) is 12.8. The summed E-state index contributed by atoms with van der Waals surface area (Å²) >= 11 is 7.40. The second kappa shape index (κ2) is 14.8. The molecule has 2 heterocycles. The molecule has 0 aliphatic carbocycles. The fourth-order valence-corrected chi connectivity index (χ4v) is 4.02. The van der Waals surface area contributed by atoms with E-state index in [9.17, 15) is 0 Å². The number of hydrogen-bond donors (Lipinski definition) is 0. The fourth-order valence-electron chi connectivity index (χ4n) is 4.02. The van der Waals surface area contributed by atoms with Crippen LogP contribution in [0.1, 0.15) is 26.2 Å². The molecule has 2 fully saturated rings. The second-order valence-corrected chi connectivity index (χ2v) is 7.64. The van der Waals surface area contributed by atoms with E-state index in [1.807, 2.05) is 0 Å². The van der Waals surface area contributed by atoms with E-state index in [1.54, 1.807) is 0 Å². The Morgan fingerprint density at radius 2 is 1.65 bits per heavy atom. The van der Waals surface area contributed by atoms with Gasteiger partial charge in [0, 0.05) is 49.9 Å². The van der Waals surface area contributed by atoms with Gasteiger partial charge in [0.25, 0.3) is 0 Å². The zero-order valence-corrected chi connectivity index (χ0v) is 19.5. The van der Waals surface area contributed by atoms with E-state index in [2.05, 4.69) is 63.2 Å². The first-order valence-corrected chi connectivity index (χ1v) is 9.77. The van der Waals surface area contributed by atoms with Crippen molar-refractivity contribution in [2.75, 3.05) is 73.6 Å². The molecule has 26 heavy (non-hydrogen) atoms. The first-order valence-electron chi connectivity index (χ1n) is 8.95. The average Bonchev–Trinajstić information content (AvgIpc) is 2.88. The normalized spacial score (nSPS) is 27.2. The molecule has 6 nitrogen and oxygen atoms in total. The summed E-state index contributed by atoms with van der Waals surface area (Å²) in [5.74, 6) is 0. The van der Waals surface area contributed by atoms with Gasteiger partial charge in [-0.05, 0) is 13.6 Å². The van der Waals surface area contributed by atoms with Crippen molar-refractivity contribution in [3.63, 3.8) is 0 Å². The van der Waals surface area contributed by atoms with Gasteiger partial charge in [0.2, 0.25) is 6.67 Å². The molecule has 2 saturated heterocycles. The van der Waals surface area contributed by atoms with Gasteiger partial charge in [-0.2, -0.15) is 9.60 Å². The third-order valence-corrected chi connectivity index (χ3v) is 5.43. The summed E-state index contributed by atoms with van der Waals surface area (Å²) in [5.41, 5.74) is 0. The van der Waals surface area contributed by atoms with Gasteiger partial charge in [-0.15, -0.1) is 0 Å². The van der Waals surface area contributed by atoms with Crippen LogP contribution in [-0.4, -0.2) is 92.6 Å². The van der Waals surface area contributed by atoms with E-state index in [1.165, 1.54) is 91.6 Å². The molecule has 0 aromatic rings. The van der Waals surface area contributed by atoms with Crippen LogP contribution in [0.4, 0.5) is 0 Å². The Morgan fingerprint density at radius 1 is 1.12 bits per heavy atom. The number of hydrogen-bond acceptors (Lipinski definition) is 6. The molecule has 2 unspecified atom stereocenters. The second-order valence-electron chi connectivity index (χ2n) is 7.27. The number of quaternary nitrogens is 2. The Hall–Kier alpha value is -0.221. The monoisotopic (exact) mass is 441 g/mol. The van der Waals surface area contributed by atoms with Crippen molar-refractivity contribution in [3.8, 4) is 10.8 Å². The van der Waals surface area contributed by atoms with Crippen LogP contribution in [0, 0.1) is 21.3 Å². The van der Waals surface area contributed by atoms with Gasteiger partial charge in [0.15, 0.2) is 0 Å². The Labute approximate surface area is 182 Å². The molecule has 0 aromatic heterocycles. The van der Waals surface area contributed by atoms with Crippen molar-refractivity contribution in [1.29, 1.82) is 10.5 Å². The molecular formula is C17H34MnN6S2. The summed E-state index contributed by atoms with van der Waals surface area (Å²) in [4.78, 5) is 2.43. The van der Waals surface area contributed by atoms with Crippen LogP contribution < -0.4 is 0 Å². The Kier molecular flexibility index (Phi) is 15.9. The maximum Gasteiger partial charge on any atom is 0.225 e. The Bertz CT molecular complexity index is 444. The Morgan fingerprint density at radius 3 is 2.12 bits per heavy atom. The van der Waals surface area contributed by atoms with Crippen LogP contribution >= 0.6 is 0 Å². The van der Waals surface area contributed by atoms with E-state index < -0.39 is 0 Å². The number of rotatable bonds is 5. The molecule has 151 valence electrons. The minimum absolute atomic E-state index is 0. The number of nitrogens with zero attached hydrogens (tertiary/aromatic N) is 6. The minimum atomic E-state index is 0. The van der Waals surface area contributed by atoms with Crippen LogP contribution in [0.5, 0.6) is 0 Å². The Balaban J connectivity index is 0.